The summed E-state index contributed by atoms with van der Waals surface area (Å²) in [6.45, 7) is 3.35. The van der Waals surface area contributed by atoms with Crippen LogP contribution >= 0.6 is 0 Å². The number of nitrogens with zero attached hydrogens (tertiary/aromatic N) is 1. The molecule has 1 heterocycles. The van der Waals surface area contributed by atoms with Gasteiger partial charge in [0.2, 0.25) is 0 Å². The van der Waals surface area contributed by atoms with Gasteiger partial charge >= 0.3 is 0 Å². The monoisotopic (exact) mass is 382 g/mol. The molecular formula is C23H30N2O3. The highest BCUT2D eigenvalue weighted by atomic mass is 16.3. The number of carbonyl (C=O) groups is 2. The highest BCUT2D eigenvalue weighted by molar-refractivity contribution is 5.96. The molecule has 2 saturated carbocycles. The molecule has 0 unspecified atom stereocenters. The Morgan fingerprint density at radius 2 is 2.11 bits per heavy atom. The number of hydrogen-bond acceptors (Lipinski definition) is 4. The minimum Gasteiger partial charge on any atom is -0.507 e. The summed E-state index contributed by atoms with van der Waals surface area (Å²) in [6.07, 6.45) is 7.79. The summed E-state index contributed by atoms with van der Waals surface area (Å²) in [4.78, 5) is 27.1. The van der Waals surface area contributed by atoms with Crippen LogP contribution in [0.4, 0.5) is 0 Å². The number of aromatic hydroxyl groups is 1. The molecule has 0 spiro atoms. The molecule has 2 bridgehead atoms. The second kappa shape index (κ2) is 6.31. The van der Waals surface area contributed by atoms with Crippen molar-refractivity contribution < 1.29 is 14.7 Å². The summed E-state index contributed by atoms with van der Waals surface area (Å²) in [5.41, 5.74) is 7.32. The molecule has 3 fully saturated rings. The number of nitrogens with two attached hydrogens (primary N) is 1. The molecule has 4 aliphatic rings. The number of primary amides is 1. The first kappa shape index (κ1) is 18.2. The van der Waals surface area contributed by atoms with Crippen LogP contribution in [0, 0.1) is 11.8 Å². The van der Waals surface area contributed by atoms with Crippen LogP contribution in [-0.4, -0.2) is 40.3 Å². The third-order valence-corrected chi connectivity index (χ3v) is 8.47. The van der Waals surface area contributed by atoms with Gasteiger partial charge in [0.1, 0.15) is 11.5 Å². The zero-order valence-corrected chi connectivity index (χ0v) is 16.6. The third kappa shape index (κ3) is 2.41. The first-order valence-electron chi connectivity index (χ1n) is 10.8. The lowest BCUT2D eigenvalue weighted by molar-refractivity contribution is -0.128. The Balaban J connectivity index is 1.62. The van der Waals surface area contributed by atoms with E-state index in [9.17, 15) is 14.7 Å². The summed E-state index contributed by atoms with van der Waals surface area (Å²) < 4.78 is 0. The third-order valence-electron chi connectivity index (χ3n) is 8.47. The van der Waals surface area contributed by atoms with Crippen molar-refractivity contribution in [3.8, 4) is 5.75 Å². The van der Waals surface area contributed by atoms with E-state index in [1.165, 1.54) is 19.3 Å². The van der Waals surface area contributed by atoms with Crippen LogP contribution in [0.3, 0.4) is 0 Å². The Bertz CT molecular complexity index is 846. The highest BCUT2D eigenvalue weighted by Gasteiger charge is 2.57. The van der Waals surface area contributed by atoms with Crippen molar-refractivity contribution >= 4 is 11.7 Å². The molecule has 150 valence electrons. The van der Waals surface area contributed by atoms with Crippen LogP contribution in [-0.2, 0) is 16.6 Å². The average molecular weight is 383 g/mol. The molecule has 5 rings (SSSR count). The van der Waals surface area contributed by atoms with Gasteiger partial charge in [-0.25, -0.2) is 0 Å². The lowest BCUT2D eigenvalue weighted by atomic mass is 9.51. The summed E-state index contributed by atoms with van der Waals surface area (Å²) >= 11 is 0. The van der Waals surface area contributed by atoms with Gasteiger partial charge in [-0.2, -0.15) is 0 Å². The minimum absolute atomic E-state index is 0.0311. The van der Waals surface area contributed by atoms with Gasteiger partial charge in [-0.15, -0.1) is 0 Å². The van der Waals surface area contributed by atoms with Gasteiger partial charge in [0, 0.05) is 35.9 Å². The minimum atomic E-state index is -0.603. The van der Waals surface area contributed by atoms with E-state index in [1.807, 2.05) is 6.07 Å². The maximum Gasteiger partial charge on any atom is 0.252 e. The van der Waals surface area contributed by atoms with E-state index < -0.39 is 5.91 Å². The van der Waals surface area contributed by atoms with E-state index in [0.717, 1.165) is 42.9 Å². The number of hydrogen-bond donors (Lipinski definition) is 2. The molecule has 1 aromatic carbocycles. The van der Waals surface area contributed by atoms with Crippen LogP contribution in [0.2, 0.25) is 0 Å². The molecule has 5 nitrogen and oxygen atoms in total. The van der Waals surface area contributed by atoms with Crippen molar-refractivity contribution in [1.29, 1.82) is 0 Å². The second-order valence-electron chi connectivity index (χ2n) is 9.57. The summed E-state index contributed by atoms with van der Waals surface area (Å²) in [7, 11) is 0. The zero-order valence-electron chi connectivity index (χ0n) is 16.6. The quantitative estimate of drug-likeness (QED) is 0.842. The van der Waals surface area contributed by atoms with E-state index in [2.05, 4.69) is 11.8 Å². The number of carbonyl (C=O) groups excluding carboxylic acids is 2. The largest absolute Gasteiger partial charge is 0.507 e. The maximum atomic E-state index is 12.5. The van der Waals surface area contributed by atoms with E-state index >= 15 is 0 Å². The van der Waals surface area contributed by atoms with Crippen molar-refractivity contribution in [3.63, 3.8) is 0 Å². The zero-order chi connectivity index (χ0) is 19.6. The van der Waals surface area contributed by atoms with Crippen LogP contribution in [0.15, 0.2) is 12.1 Å². The Kier molecular flexibility index (Phi) is 4.10. The first-order valence-corrected chi connectivity index (χ1v) is 10.8. The molecule has 28 heavy (non-hydrogen) atoms. The van der Waals surface area contributed by atoms with E-state index in [0.29, 0.717) is 30.8 Å². The maximum absolute atomic E-state index is 12.5. The Hall–Kier alpha value is -1.88. The average Bonchev–Trinajstić information content (AvgIpc) is 2.59. The number of Topliss-reactive ketones (excluding diaryl/α,β-unsaturated/α-hetero) is 1. The molecule has 4 atom stereocenters. The van der Waals surface area contributed by atoms with E-state index in [4.69, 9.17) is 5.73 Å². The predicted molar refractivity (Wildman–Crippen MR) is 106 cm³/mol. The topological polar surface area (TPSA) is 83.6 Å². The lowest BCUT2D eigenvalue weighted by Crippen LogP contribution is -2.64. The fraction of sp³-hybridized carbons (Fsp3) is 0.652. The molecule has 1 aromatic rings. The number of ketones is 1. The Labute approximate surface area is 166 Å². The molecule has 0 radical (unpaired) electrons. The van der Waals surface area contributed by atoms with Gasteiger partial charge in [-0.1, -0.05) is 12.5 Å². The van der Waals surface area contributed by atoms with Crippen LogP contribution in [0.1, 0.15) is 73.4 Å². The molecule has 1 saturated heterocycles. The number of phenols is 1. The van der Waals surface area contributed by atoms with Gasteiger partial charge in [-0.3, -0.25) is 14.5 Å². The van der Waals surface area contributed by atoms with Crippen LogP contribution < -0.4 is 5.73 Å². The number of amides is 1. The molecule has 1 amide bonds. The molecule has 3 aliphatic carbocycles. The Morgan fingerprint density at radius 1 is 1.32 bits per heavy atom. The van der Waals surface area contributed by atoms with Crippen molar-refractivity contribution in [2.24, 2.45) is 17.6 Å². The van der Waals surface area contributed by atoms with E-state index in [1.54, 1.807) is 6.07 Å². The van der Waals surface area contributed by atoms with Gasteiger partial charge in [0.15, 0.2) is 0 Å². The van der Waals surface area contributed by atoms with Crippen LogP contribution in [0.25, 0.3) is 0 Å². The smallest absolute Gasteiger partial charge is 0.252 e. The van der Waals surface area contributed by atoms with Gasteiger partial charge in [0.05, 0.1) is 5.56 Å². The number of benzene rings is 1. The number of piperidine rings is 1. The standard InChI is InChI=1S/C23H30N2O3/c1-13(14-3-2-4-14)25-10-9-23-12-16(26)6-8-18(23)19(25)11-15-5-7-17(22(24)28)21(27)20(15)23/h5,7,13-14,18-19,27H,2-4,6,8-12H2,1H3,(H2,24,28)/t13-,18+,19-,23+/m1/s1. The fourth-order valence-electron chi connectivity index (χ4n) is 6.86. The molecular weight excluding hydrogens is 352 g/mol. The van der Waals surface area contributed by atoms with Crippen molar-refractivity contribution in [2.45, 2.75) is 75.8 Å². The van der Waals surface area contributed by atoms with Crippen molar-refractivity contribution in [1.82, 2.24) is 4.90 Å². The summed E-state index contributed by atoms with van der Waals surface area (Å²) in [5, 5.41) is 11.0. The molecule has 0 aromatic heterocycles. The number of rotatable bonds is 3. The van der Waals surface area contributed by atoms with Crippen molar-refractivity contribution in [2.75, 3.05) is 6.54 Å². The van der Waals surface area contributed by atoms with Gasteiger partial charge in [-0.05, 0) is 69.0 Å². The van der Waals surface area contributed by atoms with Gasteiger partial charge < -0.3 is 10.8 Å². The number of fused-ring (bicyclic) bond motifs is 1. The van der Waals surface area contributed by atoms with Crippen molar-refractivity contribution in [3.05, 3.63) is 28.8 Å². The van der Waals surface area contributed by atoms with Crippen LogP contribution in [0.5, 0.6) is 5.75 Å². The summed E-state index contributed by atoms with van der Waals surface area (Å²) in [5.74, 6) is 0.872. The van der Waals surface area contributed by atoms with E-state index in [-0.39, 0.29) is 22.5 Å². The normalized spacial score (nSPS) is 33.5. The molecule has 1 aliphatic heterocycles. The highest BCUT2D eigenvalue weighted by Crippen LogP contribution is 2.58. The summed E-state index contributed by atoms with van der Waals surface area (Å²) in [6, 6.07) is 4.63. The predicted octanol–water partition coefficient (Wildman–Crippen LogP) is 2.92. The first-order chi connectivity index (χ1) is 13.4. The Morgan fingerprint density at radius 3 is 2.79 bits per heavy atom. The molecule has 3 N–H and O–H groups in total. The van der Waals surface area contributed by atoms with Gasteiger partial charge in [0.25, 0.3) is 5.91 Å². The number of likely N-dealkylation sites (tertiary alicyclic amines) is 1. The fourth-order valence-corrected chi connectivity index (χ4v) is 6.86. The second-order valence-corrected chi connectivity index (χ2v) is 9.57. The SMILES string of the molecule is C[C@H](C1CCC1)N1CC[C@]23CC(=O)CC[C@H]2[C@H]1Cc1ccc(C(N)=O)c(O)c13. The lowest BCUT2D eigenvalue weighted by Gasteiger charge is -2.60. The molecule has 5 heteroatoms.